The highest BCUT2D eigenvalue weighted by atomic mass is 32.2. The number of pyridine rings is 1. The van der Waals surface area contributed by atoms with E-state index in [0.717, 1.165) is 12.7 Å². The fourth-order valence-electron chi connectivity index (χ4n) is 3.64. The molecule has 0 unspecified atom stereocenters. The van der Waals surface area contributed by atoms with Crippen LogP contribution < -0.4 is 11.1 Å². The first-order valence-corrected chi connectivity index (χ1v) is 11.6. The minimum atomic E-state index is -3.38. The van der Waals surface area contributed by atoms with Crippen molar-refractivity contribution in [1.82, 2.24) is 9.88 Å². The Balaban J connectivity index is 1.86. The summed E-state index contributed by atoms with van der Waals surface area (Å²) >= 11 is 0. The zero-order valence-corrected chi connectivity index (χ0v) is 18.1. The molecule has 0 aliphatic carbocycles. The Morgan fingerprint density at radius 3 is 2.63 bits per heavy atom. The van der Waals surface area contributed by atoms with Crippen molar-refractivity contribution in [1.29, 1.82) is 0 Å². The lowest BCUT2D eigenvalue weighted by Gasteiger charge is -2.38. The molecule has 0 radical (unpaired) electrons. The molecule has 2 heterocycles. The van der Waals surface area contributed by atoms with E-state index in [1.165, 1.54) is 17.2 Å². The first-order chi connectivity index (χ1) is 14.1. The number of hydrogen-bond acceptors (Lipinski definition) is 6. The van der Waals surface area contributed by atoms with Crippen molar-refractivity contribution in [2.75, 3.05) is 23.9 Å². The highest BCUT2D eigenvalue weighted by Gasteiger charge is 2.34. The topological polar surface area (TPSA) is 122 Å². The van der Waals surface area contributed by atoms with Crippen LogP contribution in [0.3, 0.4) is 0 Å². The van der Waals surface area contributed by atoms with Crippen LogP contribution in [0.2, 0.25) is 0 Å². The maximum atomic E-state index is 13.0. The molecule has 30 heavy (non-hydrogen) atoms. The molecule has 1 aliphatic rings. The molecule has 1 aromatic heterocycles. The van der Waals surface area contributed by atoms with E-state index in [9.17, 15) is 18.0 Å². The summed E-state index contributed by atoms with van der Waals surface area (Å²) in [6.07, 6.45) is 4.07. The van der Waals surface area contributed by atoms with Crippen LogP contribution in [-0.4, -0.2) is 42.9 Å². The number of nitrogens with zero attached hydrogens (tertiary/aromatic N) is 2. The Morgan fingerprint density at radius 2 is 1.97 bits per heavy atom. The molecular formula is C21H26N4O4S. The van der Waals surface area contributed by atoms with Gasteiger partial charge < -0.3 is 16.0 Å². The second-order valence-corrected chi connectivity index (χ2v) is 9.90. The first kappa shape index (κ1) is 21.8. The van der Waals surface area contributed by atoms with Gasteiger partial charge >= 0.3 is 11.8 Å². The van der Waals surface area contributed by atoms with Crippen molar-refractivity contribution in [2.45, 2.75) is 37.6 Å². The second kappa shape index (κ2) is 8.43. The fraction of sp³-hybridized carbons (Fsp3) is 0.381. The van der Waals surface area contributed by atoms with Crippen molar-refractivity contribution < 1.29 is 18.0 Å². The summed E-state index contributed by atoms with van der Waals surface area (Å²) in [5.74, 6) is -0.836. The monoisotopic (exact) mass is 430 g/mol. The SMILES string of the molecule is Cc1cc(NC(=O)C(=O)N2C[C@H](C)CC[C@H]2c2cccc(S(C)(=O)=O)c2)cnc1N. The van der Waals surface area contributed by atoms with E-state index in [1.54, 1.807) is 31.2 Å². The number of nitrogen functional groups attached to an aromatic ring is 1. The molecule has 3 rings (SSSR count). The number of aromatic nitrogens is 1. The molecule has 2 atom stereocenters. The molecule has 3 N–H and O–H groups in total. The van der Waals surface area contributed by atoms with Crippen LogP contribution in [0.4, 0.5) is 11.5 Å². The number of nitrogens with two attached hydrogens (primary N) is 1. The molecule has 2 aromatic rings. The van der Waals surface area contributed by atoms with Crippen molar-refractivity contribution in [2.24, 2.45) is 5.92 Å². The maximum absolute atomic E-state index is 13.0. The average molecular weight is 431 g/mol. The van der Waals surface area contributed by atoms with Gasteiger partial charge in [0.05, 0.1) is 22.8 Å². The van der Waals surface area contributed by atoms with E-state index in [1.807, 2.05) is 6.92 Å². The third-order valence-corrected chi connectivity index (χ3v) is 6.43. The Morgan fingerprint density at radius 1 is 1.23 bits per heavy atom. The van der Waals surface area contributed by atoms with E-state index in [2.05, 4.69) is 10.3 Å². The van der Waals surface area contributed by atoms with Crippen LogP contribution in [0.1, 0.15) is 36.9 Å². The van der Waals surface area contributed by atoms with Gasteiger partial charge in [0.2, 0.25) is 0 Å². The first-order valence-electron chi connectivity index (χ1n) is 9.70. The average Bonchev–Trinajstić information content (AvgIpc) is 2.69. The Kier molecular flexibility index (Phi) is 6.12. The number of benzene rings is 1. The zero-order chi connectivity index (χ0) is 22.1. The number of amides is 2. The van der Waals surface area contributed by atoms with Crippen LogP contribution in [0, 0.1) is 12.8 Å². The lowest BCUT2D eigenvalue weighted by Crippen LogP contribution is -2.46. The van der Waals surface area contributed by atoms with Gasteiger partial charge in [-0.2, -0.15) is 0 Å². The van der Waals surface area contributed by atoms with E-state index < -0.39 is 21.7 Å². The largest absolute Gasteiger partial charge is 0.383 e. The third-order valence-electron chi connectivity index (χ3n) is 5.32. The number of aryl methyl sites for hydroxylation is 1. The van der Waals surface area contributed by atoms with Crippen molar-refractivity contribution >= 4 is 33.2 Å². The van der Waals surface area contributed by atoms with E-state index in [-0.39, 0.29) is 16.9 Å². The standard InChI is InChI=1S/C21H26N4O4S/c1-13-7-8-18(15-5-4-6-17(10-15)30(3,28)29)25(12-13)21(27)20(26)24-16-9-14(2)19(22)23-11-16/h4-6,9-11,13,18H,7-8,12H2,1-3H3,(H2,22,23)(H,24,26)/t13-,18+/m1/s1. The van der Waals surface area contributed by atoms with E-state index in [4.69, 9.17) is 5.73 Å². The molecule has 0 bridgehead atoms. The highest BCUT2D eigenvalue weighted by Crippen LogP contribution is 2.34. The lowest BCUT2D eigenvalue weighted by molar-refractivity contribution is -0.146. The number of piperidine rings is 1. The smallest absolute Gasteiger partial charge is 0.313 e. The summed E-state index contributed by atoms with van der Waals surface area (Å²) in [7, 11) is -3.38. The molecule has 1 saturated heterocycles. The van der Waals surface area contributed by atoms with Gasteiger partial charge in [-0.1, -0.05) is 19.1 Å². The normalized spacial score (nSPS) is 19.4. The number of nitrogens with one attached hydrogen (secondary N) is 1. The predicted octanol–water partition coefficient (Wildman–Crippen LogP) is 2.31. The summed E-state index contributed by atoms with van der Waals surface area (Å²) in [6, 6.07) is 7.85. The van der Waals surface area contributed by atoms with Crippen LogP contribution in [0.25, 0.3) is 0 Å². The van der Waals surface area contributed by atoms with Gasteiger partial charge in [0.15, 0.2) is 9.84 Å². The van der Waals surface area contributed by atoms with Crippen molar-refractivity contribution in [3.8, 4) is 0 Å². The zero-order valence-electron chi connectivity index (χ0n) is 17.3. The molecule has 8 nitrogen and oxygen atoms in total. The van der Waals surface area contributed by atoms with Gasteiger partial charge in [-0.15, -0.1) is 0 Å². The summed E-state index contributed by atoms with van der Waals surface area (Å²) in [6.45, 7) is 4.20. The van der Waals surface area contributed by atoms with Crippen LogP contribution >= 0.6 is 0 Å². The minimum Gasteiger partial charge on any atom is -0.383 e. The van der Waals surface area contributed by atoms with E-state index >= 15 is 0 Å². The Hall–Kier alpha value is -2.94. The molecule has 9 heteroatoms. The van der Waals surface area contributed by atoms with Crippen molar-refractivity contribution in [3.05, 3.63) is 47.7 Å². The quantitative estimate of drug-likeness (QED) is 0.721. The summed E-state index contributed by atoms with van der Waals surface area (Å²) in [4.78, 5) is 31.4. The molecule has 1 aromatic carbocycles. The molecule has 0 saturated carbocycles. The molecule has 2 amide bonds. The van der Waals surface area contributed by atoms with Crippen molar-refractivity contribution in [3.63, 3.8) is 0 Å². The summed E-state index contributed by atoms with van der Waals surface area (Å²) in [5, 5.41) is 2.59. The van der Waals surface area contributed by atoms with Crippen LogP contribution in [0.15, 0.2) is 41.4 Å². The van der Waals surface area contributed by atoms with Gasteiger partial charge in [-0.05, 0) is 55.0 Å². The molecule has 0 spiro atoms. The number of rotatable bonds is 3. The van der Waals surface area contributed by atoms with Gasteiger partial charge in [0, 0.05) is 12.8 Å². The number of hydrogen-bond donors (Lipinski definition) is 2. The fourth-order valence-corrected chi connectivity index (χ4v) is 4.32. The minimum absolute atomic E-state index is 0.193. The van der Waals surface area contributed by atoms with Gasteiger partial charge in [-0.25, -0.2) is 13.4 Å². The summed E-state index contributed by atoms with van der Waals surface area (Å²) in [5.41, 5.74) is 7.49. The van der Waals surface area contributed by atoms with Crippen LogP contribution in [-0.2, 0) is 19.4 Å². The Bertz CT molecular complexity index is 1080. The molecule has 1 aliphatic heterocycles. The third kappa shape index (κ3) is 4.79. The Labute approximate surface area is 176 Å². The maximum Gasteiger partial charge on any atom is 0.313 e. The predicted molar refractivity (Wildman–Crippen MR) is 114 cm³/mol. The molecule has 1 fully saturated rings. The number of sulfone groups is 1. The number of carbonyl (C=O) groups excluding carboxylic acids is 2. The van der Waals surface area contributed by atoms with Crippen LogP contribution in [0.5, 0.6) is 0 Å². The van der Waals surface area contributed by atoms with E-state index in [0.29, 0.717) is 35.6 Å². The number of carbonyl (C=O) groups is 2. The lowest BCUT2D eigenvalue weighted by atomic mass is 9.90. The van der Waals surface area contributed by atoms with Gasteiger partial charge in [-0.3, -0.25) is 9.59 Å². The number of likely N-dealkylation sites (tertiary alicyclic amines) is 1. The second-order valence-electron chi connectivity index (χ2n) is 7.88. The van der Waals surface area contributed by atoms with Gasteiger partial charge in [0.25, 0.3) is 0 Å². The molecular weight excluding hydrogens is 404 g/mol. The van der Waals surface area contributed by atoms with Gasteiger partial charge in [0.1, 0.15) is 5.82 Å². The summed E-state index contributed by atoms with van der Waals surface area (Å²) < 4.78 is 23.9. The highest BCUT2D eigenvalue weighted by molar-refractivity contribution is 7.90. The number of anilines is 2. The molecule has 160 valence electrons.